The van der Waals surface area contributed by atoms with Gasteiger partial charge in [0.05, 0.1) is 17.9 Å². The summed E-state index contributed by atoms with van der Waals surface area (Å²) >= 11 is 0. The van der Waals surface area contributed by atoms with E-state index in [1.807, 2.05) is 13.8 Å². The van der Waals surface area contributed by atoms with Gasteiger partial charge < -0.3 is 15.8 Å². The molecule has 0 fully saturated rings. The average Bonchev–Trinajstić information content (AvgIpc) is 2.44. The molecule has 0 saturated carbocycles. The van der Waals surface area contributed by atoms with Crippen LogP contribution in [0.1, 0.15) is 20.3 Å². The van der Waals surface area contributed by atoms with Crippen molar-refractivity contribution in [2.24, 2.45) is 11.7 Å². The molecule has 21 heavy (non-hydrogen) atoms. The molecule has 1 rings (SSSR count). The van der Waals surface area contributed by atoms with Crippen molar-refractivity contribution in [1.29, 1.82) is 0 Å². The number of nitrogens with one attached hydrogen (secondary N) is 1. The molecule has 0 radical (unpaired) electrons. The first-order valence-electron chi connectivity index (χ1n) is 6.45. The Balaban J connectivity index is 2.56. The van der Waals surface area contributed by atoms with Crippen LogP contribution in [0.4, 0.5) is 18.9 Å². The van der Waals surface area contributed by atoms with Gasteiger partial charge in [-0.1, -0.05) is 20.3 Å². The molecule has 0 aliphatic heterocycles. The molecule has 0 unspecified atom stereocenters. The number of rotatable bonds is 6. The lowest BCUT2D eigenvalue weighted by molar-refractivity contribution is -0.154. The van der Waals surface area contributed by atoms with E-state index in [4.69, 9.17) is 5.73 Å². The topological polar surface area (TPSA) is 77.2 Å². The van der Waals surface area contributed by atoms with E-state index in [0.29, 0.717) is 5.69 Å². The van der Waals surface area contributed by atoms with E-state index in [9.17, 15) is 18.0 Å². The SMILES string of the molecule is CC[C@H](C)[C@H](N)C(=O)Nc1ccc(OCC(F)(F)F)nc1. The summed E-state index contributed by atoms with van der Waals surface area (Å²) in [5.74, 6) is -0.515. The lowest BCUT2D eigenvalue weighted by Crippen LogP contribution is -2.40. The second-order valence-electron chi connectivity index (χ2n) is 4.69. The van der Waals surface area contributed by atoms with Crippen LogP contribution < -0.4 is 15.8 Å². The minimum Gasteiger partial charge on any atom is -0.468 e. The second kappa shape index (κ2) is 7.26. The highest BCUT2D eigenvalue weighted by Gasteiger charge is 2.28. The summed E-state index contributed by atoms with van der Waals surface area (Å²) < 4.78 is 40.4. The van der Waals surface area contributed by atoms with Crippen molar-refractivity contribution in [2.45, 2.75) is 32.5 Å². The molecule has 0 saturated heterocycles. The van der Waals surface area contributed by atoms with Crippen molar-refractivity contribution in [3.63, 3.8) is 0 Å². The Morgan fingerprint density at radius 2 is 2.14 bits per heavy atom. The van der Waals surface area contributed by atoms with Gasteiger partial charge in [-0.3, -0.25) is 4.79 Å². The third kappa shape index (κ3) is 5.99. The van der Waals surface area contributed by atoms with Gasteiger partial charge in [0.25, 0.3) is 0 Å². The largest absolute Gasteiger partial charge is 0.468 e. The highest BCUT2D eigenvalue weighted by atomic mass is 19.4. The first-order valence-corrected chi connectivity index (χ1v) is 6.45. The summed E-state index contributed by atoms with van der Waals surface area (Å²) in [4.78, 5) is 15.5. The monoisotopic (exact) mass is 305 g/mol. The second-order valence-corrected chi connectivity index (χ2v) is 4.69. The van der Waals surface area contributed by atoms with E-state index in [1.54, 1.807) is 0 Å². The maximum absolute atomic E-state index is 12.0. The Kier molecular flexibility index (Phi) is 5.95. The fourth-order valence-electron chi connectivity index (χ4n) is 1.43. The molecule has 0 bridgehead atoms. The number of carbonyl (C=O) groups is 1. The number of anilines is 1. The van der Waals surface area contributed by atoms with Crippen molar-refractivity contribution in [1.82, 2.24) is 4.98 Å². The third-order valence-corrected chi connectivity index (χ3v) is 2.95. The highest BCUT2D eigenvalue weighted by molar-refractivity contribution is 5.94. The molecule has 118 valence electrons. The summed E-state index contributed by atoms with van der Waals surface area (Å²) in [6.07, 6.45) is -2.44. The number of nitrogens with zero attached hydrogens (tertiary/aromatic N) is 1. The van der Waals surface area contributed by atoms with Crippen LogP contribution in [0, 0.1) is 5.92 Å². The minimum atomic E-state index is -4.42. The van der Waals surface area contributed by atoms with Crippen LogP contribution in [-0.4, -0.2) is 29.7 Å². The highest BCUT2D eigenvalue weighted by Crippen LogP contribution is 2.18. The van der Waals surface area contributed by atoms with E-state index < -0.39 is 18.8 Å². The summed E-state index contributed by atoms with van der Waals surface area (Å²) in [6, 6.07) is 1.99. The number of pyridine rings is 1. The van der Waals surface area contributed by atoms with E-state index in [1.165, 1.54) is 18.3 Å². The van der Waals surface area contributed by atoms with Gasteiger partial charge in [-0.25, -0.2) is 4.98 Å². The zero-order valence-corrected chi connectivity index (χ0v) is 11.8. The summed E-state index contributed by atoms with van der Waals surface area (Å²) in [5, 5.41) is 2.55. The van der Waals surface area contributed by atoms with Crippen LogP contribution in [0.25, 0.3) is 0 Å². The molecule has 0 aliphatic rings. The predicted molar refractivity (Wildman–Crippen MR) is 71.8 cm³/mol. The van der Waals surface area contributed by atoms with E-state index in [2.05, 4.69) is 15.0 Å². The Morgan fingerprint density at radius 1 is 1.48 bits per heavy atom. The normalized spacial score (nSPS) is 14.4. The molecule has 0 aromatic carbocycles. The molecule has 1 amide bonds. The van der Waals surface area contributed by atoms with E-state index >= 15 is 0 Å². The predicted octanol–water partition coefficient (Wildman–Crippen LogP) is 2.33. The Morgan fingerprint density at radius 3 is 2.62 bits per heavy atom. The van der Waals surface area contributed by atoms with Gasteiger partial charge in [0.1, 0.15) is 0 Å². The van der Waals surface area contributed by atoms with Crippen molar-refractivity contribution in [3.8, 4) is 5.88 Å². The molecule has 1 heterocycles. The molecule has 0 spiro atoms. The van der Waals surface area contributed by atoms with Gasteiger partial charge in [-0.2, -0.15) is 13.2 Å². The standard InChI is InChI=1S/C13H18F3N3O2/c1-3-8(2)11(17)12(20)19-9-4-5-10(18-6-9)21-7-13(14,15)16/h4-6,8,11H,3,7,17H2,1-2H3,(H,19,20)/t8-,11-/m0/s1. The zero-order valence-electron chi connectivity index (χ0n) is 11.8. The van der Waals surface area contributed by atoms with Gasteiger partial charge in [0, 0.05) is 6.07 Å². The van der Waals surface area contributed by atoms with Crippen LogP contribution in [0.15, 0.2) is 18.3 Å². The maximum atomic E-state index is 12.0. The summed E-state index contributed by atoms with van der Waals surface area (Å²) in [6.45, 7) is 2.37. The number of aromatic nitrogens is 1. The lowest BCUT2D eigenvalue weighted by atomic mass is 9.99. The smallest absolute Gasteiger partial charge is 0.422 e. The fraction of sp³-hybridized carbons (Fsp3) is 0.538. The molecule has 5 nitrogen and oxygen atoms in total. The third-order valence-electron chi connectivity index (χ3n) is 2.95. The summed E-state index contributed by atoms with van der Waals surface area (Å²) in [7, 11) is 0. The Labute approximate surface area is 120 Å². The molecule has 8 heteroatoms. The number of carbonyl (C=O) groups excluding carboxylic acids is 1. The van der Waals surface area contributed by atoms with Crippen LogP contribution in [0.5, 0.6) is 5.88 Å². The quantitative estimate of drug-likeness (QED) is 0.845. The number of hydrogen-bond acceptors (Lipinski definition) is 4. The minimum absolute atomic E-state index is 0.0207. The molecule has 0 aliphatic carbocycles. The van der Waals surface area contributed by atoms with Gasteiger partial charge in [0.2, 0.25) is 11.8 Å². The van der Waals surface area contributed by atoms with Gasteiger partial charge in [-0.15, -0.1) is 0 Å². The fourth-order valence-corrected chi connectivity index (χ4v) is 1.43. The van der Waals surface area contributed by atoms with Gasteiger partial charge >= 0.3 is 6.18 Å². The Bertz CT molecular complexity index is 463. The van der Waals surface area contributed by atoms with Crippen LogP contribution in [-0.2, 0) is 4.79 Å². The van der Waals surface area contributed by atoms with Gasteiger partial charge in [0.15, 0.2) is 6.61 Å². The van der Waals surface area contributed by atoms with Crippen molar-refractivity contribution in [2.75, 3.05) is 11.9 Å². The van der Waals surface area contributed by atoms with E-state index in [0.717, 1.165) is 6.42 Å². The summed E-state index contributed by atoms with van der Waals surface area (Å²) in [5.41, 5.74) is 6.11. The zero-order chi connectivity index (χ0) is 16.0. The number of hydrogen-bond donors (Lipinski definition) is 2. The van der Waals surface area contributed by atoms with Crippen LogP contribution in [0.3, 0.4) is 0 Å². The van der Waals surface area contributed by atoms with Crippen molar-refractivity contribution >= 4 is 11.6 Å². The molecule has 3 N–H and O–H groups in total. The Hall–Kier alpha value is -1.83. The van der Waals surface area contributed by atoms with Crippen LogP contribution >= 0.6 is 0 Å². The van der Waals surface area contributed by atoms with Crippen molar-refractivity contribution in [3.05, 3.63) is 18.3 Å². The van der Waals surface area contributed by atoms with Gasteiger partial charge in [-0.05, 0) is 12.0 Å². The first-order chi connectivity index (χ1) is 9.73. The number of ether oxygens (including phenoxy) is 1. The molecular weight excluding hydrogens is 287 g/mol. The lowest BCUT2D eigenvalue weighted by Gasteiger charge is -2.17. The number of halogens is 3. The molecule has 1 aromatic heterocycles. The maximum Gasteiger partial charge on any atom is 0.422 e. The first kappa shape index (κ1) is 17.2. The average molecular weight is 305 g/mol. The van der Waals surface area contributed by atoms with Crippen molar-refractivity contribution < 1.29 is 22.7 Å². The molecule has 2 atom stereocenters. The molecular formula is C13H18F3N3O2. The number of amides is 1. The van der Waals surface area contributed by atoms with Crippen LogP contribution in [0.2, 0.25) is 0 Å². The number of alkyl halides is 3. The molecule has 1 aromatic rings. The van der Waals surface area contributed by atoms with E-state index in [-0.39, 0.29) is 17.7 Å². The number of nitrogens with two attached hydrogens (primary N) is 1.